The Hall–Kier alpha value is -1.06. The summed E-state index contributed by atoms with van der Waals surface area (Å²) in [7, 11) is 0. The van der Waals surface area contributed by atoms with E-state index in [4.69, 9.17) is 0 Å². The number of hydrogen-bond donors (Lipinski definition) is 0. The van der Waals surface area contributed by atoms with Gasteiger partial charge in [0.15, 0.2) is 0 Å². The number of carbonyl (C=O) groups excluding carboxylic acids is 2. The number of likely N-dealkylation sites (tertiary alicyclic amines) is 1. The van der Waals surface area contributed by atoms with Crippen molar-refractivity contribution in [2.75, 3.05) is 26.2 Å². The fourth-order valence-electron chi connectivity index (χ4n) is 2.77. The molecule has 0 N–H and O–H groups in total. The maximum absolute atomic E-state index is 12.5. The Bertz CT molecular complexity index is 329. The number of rotatable bonds is 4. The van der Waals surface area contributed by atoms with Crippen LogP contribution < -0.4 is 0 Å². The molecule has 1 atom stereocenters. The number of nitrogens with zero attached hydrogens (tertiary/aromatic N) is 2. The molecule has 4 nitrogen and oxygen atoms in total. The van der Waals surface area contributed by atoms with Crippen molar-refractivity contribution < 1.29 is 9.59 Å². The summed E-state index contributed by atoms with van der Waals surface area (Å²) < 4.78 is 0. The standard InChI is InChI=1S/C16H30N2O2/c1-12(2)9-18(10-13(3)4)16(20)15(19)17-8-6-7-14(5)11-17/h12-14H,6-11H2,1-5H3. The minimum atomic E-state index is -0.318. The highest BCUT2D eigenvalue weighted by Crippen LogP contribution is 2.16. The summed E-state index contributed by atoms with van der Waals surface area (Å²) in [6.07, 6.45) is 2.16. The molecule has 1 aliphatic rings. The van der Waals surface area contributed by atoms with Gasteiger partial charge in [0.1, 0.15) is 0 Å². The van der Waals surface area contributed by atoms with Crippen LogP contribution in [0.2, 0.25) is 0 Å². The van der Waals surface area contributed by atoms with Gasteiger partial charge >= 0.3 is 11.8 Å². The van der Waals surface area contributed by atoms with Crippen molar-refractivity contribution in [3.8, 4) is 0 Å². The summed E-state index contributed by atoms with van der Waals surface area (Å²) >= 11 is 0. The Labute approximate surface area is 123 Å². The van der Waals surface area contributed by atoms with Crippen LogP contribution in [0.3, 0.4) is 0 Å². The second-order valence-electron chi connectivity index (χ2n) is 7.00. The van der Waals surface area contributed by atoms with Crippen molar-refractivity contribution in [1.82, 2.24) is 9.80 Å². The van der Waals surface area contributed by atoms with Gasteiger partial charge in [-0.15, -0.1) is 0 Å². The van der Waals surface area contributed by atoms with Crippen LogP contribution >= 0.6 is 0 Å². The first-order valence-corrected chi connectivity index (χ1v) is 7.89. The van der Waals surface area contributed by atoms with E-state index in [2.05, 4.69) is 34.6 Å². The minimum absolute atomic E-state index is 0.308. The molecule has 1 saturated heterocycles. The van der Waals surface area contributed by atoms with Crippen molar-refractivity contribution >= 4 is 11.8 Å². The lowest BCUT2D eigenvalue weighted by Crippen LogP contribution is -2.50. The van der Waals surface area contributed by atoms with Gasteiger partial charge < -0.3 is 9.80 Å². The minimum Gasteiger partial charge on any atom is -0.334 e. The molecular formula is C16H30N2O2. The molecule has 116 valence electrons. The molecule has 1 fully saturated rings. The zero-order valence-corrected chi connectivity index (χ0v) is 13.7. The van der Waals surface area contributed by atoms with E-state index in [0.29, 0.717) is 30.8 Å². The normalized spacial score (nSPS) is 19.6. The average Bonchev–Trinajstić information content (AvgIpc) is 2.35. The Morgan fingerprint density at radius 3 is 2.15 bits per heavy atom. The zero-order chi connectivity index (χ0) is 15.3. The average molecular weight is 282 g/mol. The molecule has 20 heavy (non-hydrogen) atoms. The maximum atomic E-state index is 12.5. The molecule has 0 aromatic heterocycles. The van der Waals surface area contributed by atoms with Crippen LogP contribution in [-0.4, -0.2) is 47.8 Å². The number of piperidine rings is 1. The smallest absolute Gasteiger partial charge is 0.312 e. The quantitative estimate of drug-likeness (QED) is 0.743. The van der Waals surface area contributed by atoms with Crippen molar-refractivity contribution in [3.05, 3.63) is 0 Å². The highest BCUT2D eigenvalue weighted by Gasteiger charge is 2.30. The van der Waals surface area contributed by atoms with Gasteiger partial charge in [-0.3, -0.25) is 9.59 Å². The van der Waals surface area contributed by atoms with Gasteiger partial charge in [-0.1, -0.05) is 34.6 Å². The fourth-order valence-corrected chi connectivity index (χ4v) is 2.77. The predicted molar refractivity (Wildman–Crippen MR) is 81.2 cm³/mol. The van der Waals surface area contributed by atoms with Crippen LogP contribution in [0.5, 0.6) is 0 Å². The summed E-state index contributed by atoms with van der Waals surface area (Å²) in [4.78, 5) is 28.3. The summed E-state index contributed by atoms with van der Waals surface area (Å²) in [5.41, 5.74) is 0. The molecule has 0 aromatic rings. The van der Waals surface area contributed by atoms with Crippen LogP contribution in [0.15, 0.2) is 0 Å². The van der Waals surface area contributed by atoms with E-state index in [1.807, 2.05) is 0 Å². The first-order chi connectivity index (χ1) is 9.31. The van der Waals surface area contributed by atoms with Gasteiger partial charge in [0.2, 0.25) is 0 Å². The summed E-state index contributed by atoms with van der Waals surface area (Å²) in [6.45, 7) is 13.2. The van der Waals surface area contributed by atoms with Gasteiger partial charge in [0.25, 0.3) is 0 Å². The van der Waals surface area contributed by atoms with Gasteiger partial charge in [-0.05, 0) is 30.6 Å². The Morgan fingerprint density at radius 1 is 1.15 bits per heavy atom. The molecule has 0 saturated carbocycles. The topological polar surface area (TPSA) is 40.6 Å². The van der Waals surface area contributed by atoms with E-state index in [1.165, 1.54) is 0 Å². The molecule has 1 aliphatic heterocycles. The lowest BCUT2D eigenvalue weighted by Gasteiger charge is -2.33. The largest absolute Gasteiger partial charge is 0.334 e. The van der Waals surface area contributed by atoms with Crippen LogP contribution in [-0.2, 0) is 9.59 Å². The van der Waals surface area contributed by atoms with Crippen molar-refractivity contribution in [2.24, 2.45) is 17.8 Å². The molecule has 1 rings (SSSR count). The molecule has 0 radical (unpaired) electrons. The summed E-state index contributed by atoms with van der Waals surface area (Å²) in [5, 5.41) is 0. The van der Waals surface area contributed by atoms with E-state index >= 15 is 0 Å². The van der Waals surface area contributed by atoms with Crippen LogP contribution in [0.1, 0.15) is 47.5 Å². The lowest BCUT2D eigenvalue weighted by molar-refractivity contribution is -0.153. The first-order valence-electron chi connectivity index (χ1n) is 7.89. The third-order valence-electron chi connectivity index (χ3n) is 3.59. The molecule has 2 amide bonds. The Balaban J connectivity index is 2.69. The van der Waals surface area contributed by atoms with Gasteiger partial charge in [0.05, 0.1) is 0 Å². The van der Waals surface area contributed by atoms with E-state index in [9.17, 15) is 9.59 Å². The lowest BCUT2D eigenvalue weighted by atomic mass is 10.0. The van der Waals surface area contributed by atoms with E-state index in [0.717, 1.165) is 25.9 Å². The van der Waals surface area contributed by atoms with Gasteiger partial charge in [-0.2, -0.15) is 0 Å². The SMILES string of the molecule is CC(C)CN(CC(C)C)C(=O)C(=O)N1CCCC(C)C1. The van der Waals surface area contributed by atoms with E-state index in [-0.39, 0.29) is 11.8 Å². The third kappa shape index (κ3) is 5.14. The maximum Gasteiger partial charge on any atom is 0.312 e. The zero-order valence-electron chi connectivity index (χ0n) is 13.7. The second-order valence-corrected chi connectivity index (χ2v) is 7.00. The number of hydrogen-bond acceptors (Lipinski definition) is 2. The number of carbonyl (C=O) groups is 2. The molecule has 1 unspecified atom stereocenters. The first kappa shape index (κ1) is 17.0. The van der Waals surface area contributed by atoms with Gasteiger partial charge in [-0.25, -0.2) is 0 Å². The van der Waals surface area contributed by atoms with Crippen LogP contribution in [0.25, 0.3) is 0 Å². The van der Waals surface area contributed by atoms with Crippen molar-refractivity contribution in [3.63, 3.8) is 0 Å². The van der Waals surface area contributed by atoms with Crippen LogP contribution in [0.4, 0.5) is 0 Å². The predicted octanol–water partition coefficient (Wildman–Crippen LogP) is 2.39. The Morgan fingerprint density at radius 2 is 1.70 bits per heavy atom. The van der Waals surface area contributed by atoms with Crippen LogP contribution in [0, 0.1) is 17.8 Å². The molecule has 4 heteroatoms. The molecule has 0 aromatic carbocycles. The highest BCUT2D eigenvalue weighted by atomic mass is 16.2. The Kier molecular flexibility index (Phi) is 6.50. The van der Waals surface area contributed by atoms with Crippen molar-refractivity contribution in [2.45, 2.75) is 47.5 Å². The second kappa shape index (κ2) is 7.65. The van der Waals surface area contributed by atoms with Gasteiger partial charge in [0, 0.05) is 26.2 Å². The number of amides is 2. The molecule has 0 aliphatic carbocycles. The molecule has 0 spiro atoms. The fraction of sp³-hybridized carbons (Fsp3) is 0.875. The van der Waals surface area contributed by atoms with E-state index in [1.54, 1.807) is 9.80 Å². The van der Waals surface area contributed by atoms with E-state index < -0.39 is 0 Å². The summed E-state index contributed by atoms with van der Waals surface area (Å²) in [5.74, 6) is 0.639. The molecule has 0 bridgehead atoms. The van der Waals surface area contributed by atoms with Crippen molar-refractivity contribution in [1.29, 1.82) is 0 Å². The third-order valence-corrected chi connectivity index (χ3v) is 3.59. The molecular weight excluding hydrogens is 252 g/mol. The monoisotopic (exact) mass is 282 g/mol. The highest BCUT2D eigenvalue weighted by molar-refractivity contribution is 6.34. The molecule has 1 heterocycles. The summed E-state index contributed by atoms with van der Waals surface area (Å²) in [6, 6.07) is 0.